The van der Waals surface area contributed by atoms with Crippen molar-refractivity contribution in [3.63, 3.8) is 0 Å². The third-order valence-corrected chi connectivity index (χ3v) is 5.58. The van der Waals surface area contributed by atoms with Crippen LogP contribution in [0, 0.1) is 6.92 Å². The lowest BCUT2D eigenvalue weighted by Crippen LogP contribution is -2.21. The number of carbonyl (C=O) groups excluding carboxylic acids is 4. The van der Waals surface area contributed by atoms with Gasteiger partial charge in [0.2, 0.25) is 0 Å². The number of hydrogen-bond acceptors (Lipinski definition) is 9. The number of amides is 2. The summed E-state index contributed by atoms with van der Waals surface area (Å²) in [6, 6.07) is 6.97. The van der Waals surface area contributed by atoms with Gasteiger partial charge in [0.25, 0.3) is 11.8 Å². The number of carbonyl (C=O) groups is 4. The van der Waals surface area contributed by atoms with Gasteiger partial charge in [-0.15, -0.1) is 11.3 Å². The number of nitrogens with two attached hydrogens (primary N) is 1. The predicted molar refractivity (Wildman–Crippen MR) is 130 cm³/mol. The van der Waals surface area contributed by atoms with E-state index in [4.69, 9.17) is 24.7 Å². The van der Waals surface area contributed by atoms with Gasteiger partial charge in [0.05, 0.1) is 17.0 Å². The Morgan fingerprint density at radius 3 is 2.46 bits per heavy atom. The Hall–Kier alpha value is -3.96. The fourth-order valence-corrected chi connectivity index (χ4v) is 3.78. The van der Waals surface area contributed by atoms with Gasteiger partial charge in [-0.1, -0.05) is 24.8 Å². The zero-order valence-corrected chi connectivity index (χ0v) is 20.1. The van der Waals surface area contributed by atoms with E-state index in [0.29, 0.717) is 12.4 Å². The molecule has 186 valence electrons. The molecule has 0 unspecified atom stereocenters. The second kappa shape index (κ2) is 13.7. The summed E-state index contributed by atoms with van der Waals surface area (Å²) < 4.78 is 20.3. The quantitative estimate of drug-likeness (QED) is 0.184. The normalized spacial score (nSPS) is 10.6. The van der Waals surface area contributed by atoms with E-state index in [1.165, 1.54) is 26.2 Å². The molecule has 1 aromatic carbocycles. The van der Waals surface area contributed by atoms with E-state index < -0.39 is 30.4 Å². The molecule has 0 spiro atoms. The van der Waals surface area contributed by atoms with Gasteiger partial charge < -0.3 is 30.0 Å². The molecular formula is C24H26N2O8S. The number of esters is 2. The minimum atomic E-state index is -0.754. The minimum Gasteiger partial charge on any atom is -0.490 e. The molecule has 0 atom stereocenters. The van der Waals surface area contributed by atoms with Gasteiger partial charge in [0.1, 0.15) is 24.0 Å². The lowest BCUT2D eigenvalue weighted by Gasteiger charge is -2.08. The molecule has 11 heteroatoms. The van der Waals surface area contributed by atoms with E-state index in [2.05, 4.69) is 11.9 Å². The maximum absolute atomic E-state index is 12.5. The molecule has 2 aromatic rings. The molecular weight excluding hydrogens is 476 g/mol. The number of nitrogens with one attached hydrogen (secondary N) is 1. The molecule has 10 nitrogen and oxygen atoms in total. The summed E-state index contributed by atoms with van der Waals surface area (Å²) in [5.74, 6) is -2.30. The van der Waals surface area contributed by atoms with Crippen molar-refractivity contribution in [3.8, 4) is 5.75 Å². The Morgan fingerprint density at radius 1 is 1.11 bits per heavy atom. The van der Waals surface area contributed by atoms with Crippen LogP contribution in [0.3, 0.4) is 0 Å². The molecule has 0 aliphatic rings. The van der Waals surface area contributed by atoms with Gasteiger partial charge in [-0.25, -0.2) is 9.59 Å². The van der Waals surface area contributed by atoms with E-state index in [-0.39, 0.29) is 34.2 Å². The lowest BCUT2D eigenvalue weighted by molar-refractivity contribution is -0.142. The fraction of sp³-hybridized carbons (Fsp3) is 0.250. The molecule has 1 heterocycles. The van der Waals surface area contributed by atoms with Crippen molar-refractivity contribution in [2.45, 2.75) is 6.92 Å². The predicted octanol–water partition coefficient (Wildman–Crippen LogP) is 2.72. The van der Waals surface area contributed by atoms with Crippen molar-refractivity contribution in [2.24, 2.45) is 5.73 Å². The molecule has 35 heavy (non-hydrogen) atoms. The van der Waals surface area contributed by atoms with Crippen LogP contribution >= 0.6 is 11.3 Å². The molecule has 0 aliphatic heterocycles. The fourth-order valence-electron chi connectivity index (χ4n) is 2.71. The van der Waals surface area contributed by atoms with Crippen LogP contribution in [0.4, 0.5) is 5.00 Å². The standard InChI is InChI=1S/C24H26N2O8S/c1-4-11-32-17-8-5-16(6-9-17)7-10-19(28)34-14-18(27)26-23-20(24(30)33-13-12-31-3)15(2)21(35-23)22(25)29/h4-10H,1,11-14H2,2-3H3,(H2,25,29)(H,26,27)/b10-7+. The van der Waals surface area contributed by atoms with E-state index in [0.717, 1.165) is 16.9 Å². The van der Waals surface area contributed by atoms with Gasteiger partial charge >= 0.3 is 11.9 Å². The third-order valence-electron chi connectivity index (χ3n) is 4.35. The van der Waals surface area contributed by atoms with Crippen LogP contribution in [0.2, 0.25) is 0 Å². The molecule has 0 saturated heterocycles. The first-order valence-electron chi connectivity index (χ1n) is 10.3. The van der Waals surface area contributed by atoms with Gasteiger partial charge in [0, 0.05) is 13.2 Å². The van der Waals surface area contributed by atoms with Gasteiger partial charge in [-0.3, -0.25) is 9.59 Å². The van der Waals surface area contributed by atoms with Crippen LogP contribution in [0.1, 0.15) is 31.2 Å². The summed E-state index contributed by atoms with van der Waals surface area (Å²) in [5, 5.41) is 2.53. The zero-order chi connectivity index (χ0) is 25.8. The number of methoxy groups -OCH3 is 1. The van der Waals surface area contributed by atoms with Crippen molar-refractivity contribution in [3.05, 3.63) is 64.6 Å². The molecule has 0 radical (unpaired) electrons. The van der Waals surface area contributed by atoms with Crippen molar-refractivity contribution >= 4 is 46.2 Å². The lowest BCUT2D eigenvalue weighted by atomic mass is 10.1. The maximum Gasteiger partial charge on any atom is 0.341 e. The summed E-state index contributed by atoms with van der Waals surface area (Å²) in [4.78, 5) is 48.5. The number of primary amides is 1. The SMILES string of the molecule is C=CCOc1ccc(/C=C/C(=O)OCC(=O)Nc2sc(C(N)=O)c(C)c2C(=O)OCCOC)cc1. The number of anilines is 1. The van der Waals surface area contributed by atoms with Crippen LogP contribution in [0.15, 0.2) is 43.0 Å². The summed E-state index contributed by atoms with van der Waals surface area (Å²) >= 11 is 0.829. The summed E-state index contributed by atoms with van der Waals surface area (Å²) in [6.07, 6.45) is 4.32. The van der Waals surface area contributed by atoms with Gasteiger partial charge in [-0.2, -0.15) is 0 Å². The Balaban J connectivity index is 1.97. The first-order valence-corrected chi connectivity index (χ1v) is 11.2. The number of ether oxygens (including phenoxy) is 4. The summed E-state index contributed by atoms with van der Waals surface area (Å²) in [5.41, 5.74) is 6.36. The highest BCUT2D eigenvalue weighted by Crippen LogP contribution is 2.33. The van der Waals surface area contributed by atoms with Crippen LogP contribution in [-0.4, -0.2) is 57.3 Å². The Bertz CT molecular complexity index is 1110. The highest BCUT2D eigenvalue weighted by Gasteiger charge is 2.26. The average molecular weight is 503 g/mol. The summed E-state index contributed by atoms with van der Waals surface area (Å²) in [7, 11) is 1.45. The molecule has 1 aromatic heterocycles. The molecule has 0 aliphatic carbocycles. The van der Waals surface area contributed by atoms with Crippen LogP contribution in [0.5, 0.6) is 5.75 Å². The molecule has 2 amide bonds. The van der Waals surface area contributed by atoms with Crippen molar-refractivity contribution in [1.82, 2.24) is 0 Å². The smallest absolute Gasteiger partial charge is 0.341 e. The number of hydrogen-bond donors (Lipinski definition) is 2. The Morgan fingerprint density at radius 2 is 1.83 bits per heavy atom. The largest absolute Gasteiger partial charge is 0.490 e. The molecule has 0 fully saturated rings. The molecule has 2 rings (SSSR count). The van der Waals surface area contributed by atoms with Crippen LogP contribution in [-0.2, 0) is 23.8 Å². The molecule has 3 N–H and O–H groups in total. The van der Waals surface area contributed by atoms with Crippen molar-refractivity contribution in [1.29, 1.82) is 0 Å². The second-order valence-corrected chi connectivity index (χ2v) is 7.93. The first kappa shape index (κ1) is 27.3. The minimum absolute atomic E-state index is 0.00000721. The molecule has 0 saturated carbocycles. The summed E-state index contributed by atoms with van der Waals surface area (Å²) in [6.45, 7) is 5.02. The van der Waals surface area contributed by atoms with Crippen molar-refractivity contribution in [2.75, 3.05) is 38.9 Å². The highest BCUT2D eigenvalue weighted by molar-refractivity contribution is 7.18. The third kappa shape index (κ3) is 8.40. The zero-order valence-electron chi connectivity index (χ0n) is 19.3. The number of rotatable bonds is 13. The van der Waals surface area contributed by atoms with Gasteiger partial charge in [-0.05, 0) is 36.3 Å². The van der Waals surface area contributed by atoms with Gasteiger partial charge in [0.15, 0.2) is 6.61 Å². The molecule has 0 bridgehead atoms. The Labute approximate surface area is 206 Å². The van der Waals surface area contributed by atoms with E-state index in [1.807, 2.05) is 0 Å². The van der Waals surface area contributed by atoms with E-state index >= 15 is 0 Å². The van der Waals surface area contributed by atoms with Crippen molar-refractivity contribution < 1.29 is 38.1 Å². The first-order chi connectivity index (χ1) is 16.8. The monoisotopic (exact) mass is 502 g/mol. The number of thiophene rings is 1. The Kier molecular flexibility index (Phi) is 10.7. The maximum atomic E-state index is 12.5. The van der Waals surface area contributed by atoms with Crippen LogP contribution < -0.4 is 15.8 Å². The topological polar surface area (TPSA) is 143 Å². The van der Waals surface area contributed by atoms with E-state index in [9.17, 15) is 19.2 Å². The second-order valence-electron chi connectivity index (χ2n) is 6.91. The average Bonchev–Trinajstić information content (AvgIpc) is 3.16. The van der Waals surface area contributed by atoms with Crippen LogP contribution in [0.25, 0.3) is 6.08 Å². The highest BCUT2D eigenvalue weighted by atomic mass is 32.1. The van der Waals surface area contributed by atoms with E-state index in [1.54, 1.807) is 30.3 Å². The number of benzene rings is 1.